The summed E-state index contributed by atoms with van der Waals surface area (Å²) in [6, 6.07) is 1.14. The fourth-order valence-electron chi connectivity index (χ4n) is 3.52. The third kappa shape index (κ3) is 1.64. The molecule has 3 unspecified atom stereocenters. The monoisotopic (exact) mass is 224 g/mol. The molecule has 4 heteroatoms. The van der Waals surface area contributed by atoms with E-state index in [1.807, 2.05) is 0 Å². The third-order valence-electron chi connectivity index (χ3n) is 4.30. The van der Waals surface area contributed by atoms with Crippen molar-refractivity contribution >= 4 is 5.91 Å². The van der Waals surface area contributed by atoms with Gasteiger partial charge >= 0.3 is 0 Å². The van der Waals surface area contributed by atoms with Crippen LogP contribution in [-0.2, 0) is 9.53 Å². The Bertz CT molecular complexity index is 275. The number of ether oxygens (including phenoxy) is 1. The van der Waals surface area contributed by atoms with Crippen LogP contribution in [0.3, 0.4) is 0 Å². The zero-order chi connectivity index (χ0) is 11.1. The largest absolute Gasteiger partial charge is 0.381 e. The van der Waals surface area contributed by atoms with Crippen LogP contribution in [0, 0.1) is 5.92 Å². The van der Waals surface area contributed by atoms with Gasteiger partial charge in [-0.2, -0.15) is 0 Å². The highest BCUT2D eigenvalue weighted by atomic mass is 16.5. The molecule has 2 bridgehead atoms. The second-order valence-corrected chi connectivity index (χ2v) is 5.42. The van der Waals surface area contributed by atoms with Crippen LogP contribution in [0.15, 0.2) is 0 Å². The van der Waals surface area contributed by atoms with E-state index in [1.165, 1.54) is 0 Å². The SMILES string of the molecule is NC1CC2CCC(C1)N2C(=O)C1CCOC1. The van der Waals surface area contributed by atoms with Crippen molar-refractivity contribution in [2.75, 3.05) is 13.2 Å². The van der Waals surface area contributed by atoms with Crippen molar-refractivity contribution in [3.05, 3.63) is 0 Å². The Kier molecular flexibility index (Phi) is 2.64. The van der Waals surface area contributed by atoms with Crippen molar-refractivity contribution in [2.45, 2.75) is 50.2 Å². The highest BCUT2D eigenvalue weighted by molar-refractivity contribution is 5.80. The van der Waals surface area contributed by atoms with Crippen molar-refractivity contribution < 1.29 is 9.53 Å². The number of carbonyl (C=O) groups excluding carboxylic acids is 1. The number of piperidine rings is 1. The van der Waals surface area contributed by atoms with Gasteiger partial charge in [0.1, 0.15) is 0 Å². The average molecular weight is 224 g/mol. The standard InChI is InChI=1S/C12H20N2O2/c13-9-5-10-1-2-11(6-9)14(10)12(15)8-3-4-16-7-8/h8-11H,1-7,13H2. The van der Waals surface area contributed by atoms with Crippen LogP contribution in [0.5, 0.6) is 0 Å². The molecule has 90 valence electrons. The number of hydrogen-bond acceptors (Lipinski definition) is 3. The lowest BCUT2D eigenvalue weighted by Gasteiger charge is -2.39. The van der Waals surface area contributed by atoms with Gasteiger partial charge in [-0.15, -0.1) is 0 Å². The Balaban J connectivity index is 1.72. The first kappa shape index (κ1) is 10.5. The van der Waals surface area contributed by atoms with Crippen LogP contribution < -0.4 is 5.73 Å². The molecule has 0 aliphatic carbocycles. The first-order valence-corrected chi connectivity index (χ1v) is 6.41. The summed E-state index contributed by atoms with van der Waals surface area (Å²) in [7, 11) is 0. The van der Waals surface area contributed by atoms with Gasteiger partial charge in [0.2, 0.25) is 5.91 Å². The summed E-state index contributed by atoms with van der Waals surface area (Å²) in [5.74, 6) is 0.453. The van der Waals surface area contributed by atoms with E-state index in [0.717, 1.165) is 38.7 Å². The zero-order valence-corrected chi connectivity index (χ0v) is 9.60. The molecule has 2 N–H and O–H groups in total. The van der Waals surface area contributed by atoms with E-state index in [1.54, 1.807) is 0 Å². The lowest BCUT2D eigenvalue weighted by molar-refractivity contribution is -0.140. The van der Waals surface area contributed by atoms with Crippen molar-refractivity contribution in [3.63, 3.8) is 0 Å². The molecule has 0 saturated carbocycles. The van der Waals surface area contributed by atoms with E-state index in [9.17, 15) is 4.79 Å². The Hall–Kier alpha value is -0.610. The molecule has 0 aromatic rings. The number of amides is 1. The second-order valence-electron chi connectivity index (χ2n) is 5.42. The molecule has 3 rings (SSSR count). The number of nitrogens with two attached hydrogens (primary N) is 1. The molecule has 16 heavy (non-hydrogen) atoms. The molecule has 3 heterocycles. The van der Waals surface area contributed by atoms with E-state index in [2.05, 4.69) is 4.90 Å². The molecular formula is C12H20N2O2. The van der Waals surface area contributed by atoms with E-state index in [4.69, 9.17) is 10.5 Å². The fraction of sp³-hybridized carbons (Fsp3) is 0.917. The van der Waals surface area contributed by atoms with Gasteiger partial charge in [0, 0.05) is 24.7 Å². The summed E-state index contributed by atoms with van der Waals surface area (Å²) in [6.45, 7) is 1.37. The van der Waals surface area contributed by atoms with Gasteiger partial charge in [0.05, 0.1) is 12.5 Å². The van der Waals surface area contributed by atoms with Gasteiger partial charge in [0.25, 0.3) is 0 Å². The molecule has 3 atom stereocenters. The number of fused-ring (bicyclic) bond motifs is 2. The lowest BCUT2D eigenvalue weighted by Crippen LogP contribution is -2.52. The van der Waals surface area contributed by atoms with Crippen LogP contribution in [0.2, 0.25) is 0 Å². The number of nitrogens with zero attached hydrogens (tertiary/aromatic N) is 1. The summed E-state index contributed by atoms with van der Waals surface area (Å²) >= 11 is 0. The molecule has 3 saturated heterocycles. The lowest BCUT2D eigenvalue weighted by atomic mass is 9.95. The van der Waals surface area contributed by atoms with Gasteiger partial charge in [-0.1, -0.05) is 0 Å². The van der Waals surface area contributed by atoms with Crippen molar-refractivity contribution in [1.82, 2.24) is 4.90 Å². The fourth-order valence-corrected chi connectivity index (χ4v) is 3.52. The Labute approximate surface area is 96.1 Å². The predicted octanol–water partition coefficient (Wildman–Crippen LogP) is 0.504. The number of hydrogen-bond donors (Lipinski definition) is 1. The third-order valence-corrected chi connectivity index (χ3v) is 4.30. The average Bonchev–Trinajstić information content (AvgIpc) is 2.85. The molecule has 1 amide bonds. The maximum Gasteiger partial charge on any atom is 0.228 e. The van der Waals surface area contributed by atoms with Gasteiger partial charge in [-0.3, -0.25) is 4.79 Å². The Morgan fingerprint density at radius 1 is 1.19 bits per heavy atom. The Morgan fingerprint density at radius 3 is 2.44 bits per heavy atom. The smallest absolute Gasteiger partial charge is 0.228 e. The summed E-state index contributed by atoms with van der Waals surface area (Å²) in [5, 5.41) is 0. The molecule has 4 nitrogen and oxygen atoms in total. The minimum Gasteiger partial charge on any atom is -0.381 e. The van der Waals surface area contributed by atoms with Crippen LogP contribution in [0.25, 0.3) is 0 Å². The quantitative estimate of drug-likeness (QED) is 0.706. The summed E-state index contributed by atoms with van der Waals surface area (Å²) in [4.78, 5) is 14.5. The zero-order valence-electron chi connectivity index (χ0n) is 9.60. The Morgan fingerprint density at radius 2 is 1.88 bits per heavy atom. The molecular weight excluding hydrogens is 204 g/mol. The van der Waals surface area contributed by atoms with Gasteiger partial charge in [-0.05, 0) is 32.1 Å². The number of rotatable bonds is 1. The van der Waals surface area contributed by atoms with Gasteiger partial charge in [0.15, 0.2) is 0 Å². The van der Waals surface area contributed by atoms with E-state index in [-0.39, 0.29) is 5.92 Å². The molecule has 3 aliphatic rings. The normalized spacial score (nSPS) is 42.7. The molecule has 0 spiro atoms. The van der Waals surface area contributed by atoms with E-state index >= 15 is 0 Å². The second kappa shape index (κ2) is 4.00. The van der Waals surface area contributed by atoms with Crippen LogP contribution >= 0.6 is 0 Å². The van der Waals surface area contributed by atoms with Crippen LogP contribution in [0.1, 0.15) is 32.1 Å². The van der Waals surface area contributed by atoms with Crippen LogP contribution in [-0.4, -0.2) is 42.1 Å². The molecule has 0 aromatic heterocycles. The van der Waals surface area contributed by atoms with Gasteiger partial charge < -0.3 is 15.4 Å². The minimum atomic E-state index is 0.123. The van der Waals surface area contributed by atoms with E-state index < -0.39 is 0 Å². The summed E-state index contributed by atoms with van der Waals surface area (Å²) in [5.41, 5.74) is 6.01. The maximum atomic E-state index is 12.4. The van der Waals surface area contributed by atoms with Crippen molar-refractivity contribution in [2.24, 2.45) is 11.7 Å². The molecule has 3 fully saturated rings. The first-order valence-electron chi connectivity index (χ1n) is 6.41. The van der Waals surface area contributed by atoms with Crippen molar-refractivity contribution in [1.29, 1.82) is 0 Å². The van der Waals surface area contributed by atoms with Gasteiger partial charge in [-0.25, -0.2) is 0 Å². The first-order chi connectivity index (χ1) is 7.75. The van der Waals surface area contributed by atoms with Crippen LogP contribution in [0.4, 0.5) is 0 Å². The summed E-state index contributed by atoms with van der Waals surface area (Å²) < 4.78 is 5.31. The predicted molar refractivity (Wildman–Crippen MR) is 59.8 cm³/mol. The minimum absolute atomic E-state index is 0.123. The molecule has 0 aromatic carbocycles. The molecule has 0 radical (unpaired) electrons. The van der Waals surface area contributed by atoms with Crippen molar-refractivity contribution in [3.8, 4) is 0 Å². The highest BCUT2D eigenvalue weighted by Crippen LogP contribution is 2.36. The van der Waals surface area contributed by atoms with E-state index in [0.29, 0.717) is 30.6 Å². The highest BCUT2D eigenvalue weighted by Gasteiger charge is 2.44. The molecule has 3 aliphatic heterocycles. The maximum absolute atomic E-state index is 12.4. The summed E-state index contributed by atoms with van der Waals surface area (Å²) in [6.07, 6.45) is 5.20. The number of carbonyl (C=O) groups is 1. The topological polar surface area (TPSA) is 55.6 Å².